The molecule has 0 radical (unpaired) electrons. The fraction of sp³-hybridized carbons (Fsp3) is 0.0714. The predicted molar refractivity (Wildman–Crippen MR) is 137 cm³/mol. The van der Waals surface area contributed by atoms with E-state index in [9.17, 15) is 4.79 Å². The summed E-state index contributed by atoms with van der Waals surface area (Å²) in [5, 5.41) is 9.88. The molecular weight excluding hydrogens is 438 g/mol. The molecule has 0 saturated carbocycles. The van der Waals surface area contributed by atoms with Crippen LogP contribution in [0.2, 0.25) is 0 Å². The van der Waals surface area contributed by atoms with Gasteiger partial charge < -0.3 is 4.74 Å². The number of hydrazone groups is 1. The molecule has 2 aromatic heterocycles. The molecule has 0 aliphatic rings. The van der Waals surface area contributed by atoms with Crippen LogP contribution < -0.4 is 10.2 Å². The van der Waals surface area contributed by atoms with Crippen LogP contribution in [0, 0.1) is 0 Å². The van der Waals surface area contributed by atoms with Gasteiger partial charge in [-0.1, -0.05) is 66.7 Å². The summed E-state index contributed by atoms with van der Waals surface area (Å²) in [6.45, 7) is 1.68. The molecule has 0 saturated heterocycles. The van der Waals surface area contributed by atoms with Gasteiger partial charge in [-0.3, -0.25) is 9.78 Å². The third-order valence-electron chi connectivity index (χ3n) is 5.46. The van der Waals surface area contributed by atoms with E-state index < -0.39 is 6.10 Å². The zero-order valence-corrected chi connectivity index (χ0v) is 19.1. The third kappa shape index (κ3) is 4.94. The normalized spacial score (nSPS) is 12.0. The van der Waals surface area contributed by atoms with E-state index in [4.69, 9.17) is 9.84 Å². The molecule has 2 heterocycles. The van der Waals surface area contributed by atoms with Gasteiger partial charge >= 0.3 is 0 Å². The van der Waals surface area contributed by atoms with Gasteiger partial charge in [0.15, 0.2) is 6.10 Å². The third-order valence-corrected chi connectivity index (χ3v) is 5.46. The second kappa shape index (κ2) is 10.0. The second-order valence-electron chi connectivity index (χ2n) is 7.90. The Kier molecular flexibility index (Phi) is 6.30. The van der Waals surface area contributed by atoms with Crippen LogP contribution in [0.5, 0.6) is 5.75 Å². The van der Waals surface area contributed by atoms with Crippen LogP contribution in [0.4, 0.5) is 0 Å². The van der Waals surface area contributed by atoms with Crippen molar-refractivity contribution in [2.45, 2.75) is 13.0 Å². The Balaban J connectivity index is 1.33. The van der Waals surface area contributed by atoms with Crippen molar-refractivity contribution >= 4 is 23.0 Å². The summed E-state index contributed by atoms with van der Waals surface area (Å²) < 4.78 is 7.68. The predicted octanol–water partition coefficient (Wildman–Crippen LogP) is 5.01. The van der Waals surface area contributed by atoms with Crippen LogP contribution in [-0.4, -0.2) is 33.0 Å². The molecule has 7 nitrogen and oxygen atoms in total. The molecule has 0 spiro atoms. The lowest BCUT2D eigenvalue weighted by atomic mass is 10.1. The summed E-state index contributed by atoms with van der Waals surface area (Å²) in [6.07, 6.45) is 4.42. The zero-order valence-electron chi connectivity index (χ0n) is 19.1. The number of para-hydroxylation sites is 2. The van der Waals surface area contributed by atoms with Crippen LogP contribution in [0.1, 0.15) is 12.5 Å². The van der Waals surface area contributed by atoms with Crippen LogP contribution in [-0.2, 0) is 4.79 Å². The van der Waals surface area contributed by atoms with Gasteiger partial charge in [0.2, 0.25) is 0 Å². The molecule has 0 fully saturated rings. The van der Waals surface area contributed by atoms with Crippen molar-refractivity contribution < 1.29 is 9.53 Å². The van der Waals surface area contributed by atoms with Gasteiger partial charge in [0, 0.05) is 28.9 Å². The molecule has 5 rings (SSSR count). The number of carbonyl (C=O) groups is 1. The number of nitrogens with zero attached hydrogens (tertiary/aromatic N) is 4. The first kappa shape index (κ1) is 22.0. The Morgan fingerprint density at radius 1 is 0.971 bits per heavy atom. The van der Waals surface area contributed by atoms with E-state index in [1.807, 2.05) is 91.1 Å². The van der Waals surface area contributed by atoms with Gasteiger partial charge in [0.1, 0.15) is 17.0 Å². The van der Waals surface area contributed by atoms with Crippen molar-refractivity contribution in [3.8, 4) is 22.7 Å². The monoisotopic (exact) mass is 461 g/mol. The number of pyridine rings is 1. The molecule has 1 unspecified atom stereocenters. The maximum absolute atomic E-state index is 12.7. The van der Waals surface area contributed by atoms with Crippen LogP contribution in [0.25, 0.3) is 27.8 Å². The topological polar surface area (TPSA) is 81.4 Å². The van der Waals surface area contributed by atoms with Gasteiger partial charge in [-0.25, -0.2) is 10.1 Å². The smallest absolute Gasteiger partial charge is 0.280 e. The maximum atomic E-state index is 12.7. The van der Waals surface area contributed by atoms with Crippen LogP contribution in [0.3, 0.4) is 0 Å². The van der Waals surface area contributed by atoms with E-state index in [1.54, 1.807) is 30.1 Å². The Morgan fingerprint density at radius 2 is 1.71 bits per heavy atom. The lowest BCUT2D eigenvalue weighted by Gasteiger charge is -2.14. The molecule has 0 aliphatic heterocycles. The first-order chi connectivity index (χ1) is 17.2. The van der Waals surface area contributed by atoms with Crippen molar-refractivity contribution in [3.63, 3.8) is 0 Å². The molecule has 1 amide bonds. The number of rotatable bonds is 7. The van der Waals surface area contributed by atoms with Crippen molar-refractivity contribution in [2.75, 3.05) is 0 Å². The number of benzene rings is 3. The summed E-state index contributed by atoms with van der Waals surface area (Å²) >= 11 is 0. The molecular formula is C28H23N5O2. The molecule has 0 aliphatic carbocycles. The maximum Gasteiger partial charge on any atom is 0.280 e. The van der Waals surface area contributed by atoms with E-state index in [0.29, 0.717) is 11.3 Å². The highest BCUT2D eigenvalue weighted by Gasteiger charge is 2.16. The average molecular weight is 462 g/mol. The van der Waals surface area contributed by atoms with E-state index in [-0.39, 0.29) is 5.91 Å². The summed E-state index contributed by atoms with van der Waals surface area (Å²) in [5.74, 6) is 0.177. The lowest BCUT2D eigenvalue weighted by Crippen LogP contribution is -2.33. The van der Waals surface area contributed by atoms with Gasteiger partial charge in [-0.15, -0.1) is 0 Å². The van der Waals surface area contributed by atoms with Gasteiger partial charge in [0.25, 0.3) is 5.91 Å². The largest absolute Gasteiger partial charge is 0.479 e. The van der Waals surface area contributed by atoms with Crippen molar-refractivity contribution in [3.05, 3.63) is 109 Å². The number of amides is 1. The Hall–Kier alpha value is -4.78. The lowest BCUT2D eigenvalue weighted by molar-refractivity contribution is -0.127. The standard InChI is InChI=1S/C28H23N5O2/c1-20(35-25-16-8-12-22-13-9-17-29-27(22)25)28(34)31-30-18-23-19-33(24-14-6-3-7-15-24)32-26(23)21-10-4-2-5-11-21/h2-20H,1H3,(H,31,34). The van der Waals surface area contributed by atoms with E-state index in [2.05, 4.69) is 15.5 Å². The molecule has 7 heteroatoms. The minimum absolute atomic E-state index is 0.370. The second-order valence-corrected chi connectivity index (χ2v) is 7.90. The number of hydrogen-bond acceptors (Lipinski definition) is 5. The molecule has 1 N–H and O–H groups in total. The average Bonchev–Trinajstić information content (AvgIpc) is 3.34. The summed E-state index contributed by atoms with van der Waals surface area (Å²) in [7, 11) is 0. The Morgan fingerprint density at radius 3 is 2.51 bits per heavy atom. The van der Waals surface area contributed by atoms with Crippen LogP contribution in [0.15, 0.2) is 108 Å². The highest BCUT2D eigenvalue weighted by molar-refractivity contribution is 5.90. The minimum Gasteiger partial charge on any atom is -0.479 e. The van der Waals surface area contributed by atoms with Gasteiger partial charge in [-0.2, -0.15) is 10.2 Å². The highest BCUT2D eigenvalue weighted by atomic mass is 16.5. The molecule has 35 heavy (non-hydrogen) atoms. The Bertz CT molecular complexity index is 1470. The number of hydrogen-bond donors (Lipinski definition) is 1. The summed E-state index contributed by atoms with van der Waals surface area (Å²) in [5.41, 5.74) is 6.70. The highest BCUT2D eigenvalue weighted by Crippen LogP contribution is 2.24. The van der Waals surface area contributed by atoms with E-state index >= 15 is 0 Å². The number of aromatic nitrogens is 3. The van der Waals surface area contributed by atoms with E-state index in [0.717, 1.165) is 27.9 Å². The van der Waals surface area contributed by atoms with Gasteiger partial charge in [0.05, 0.1) is 11.9 Å². The van der Waals surface area contributed by atoms with Crippen molar-refractivity contribution in [1.82, 2.24) is 20.2 Å². The molecule has 1 atom stereocenters. The molecule has 5 aromatic rings. The first-order valence-electron chi connectivity index (χ1n) is 11.2. The SMILES string of the molecule is CC(Oc1cccc2cccnc12)C(=O)NN=Cc1cn(-c2ccccc2)nc1-c1ccccc1. The van der Waals surface area contributed by atoms with E-state index in [1.165, 1.54) is 0 Å². The van der Waals surface area contributed by atoms with Crippen molar-refractivity contribution in [1.29, 1.82) is 0 Å². The fourth-order valence-corrected chi connectivity index (χ4v) is 3.69. The number of carbonyl (C=O) groups excluding carboxylic acids is 1. The number of nitrogens with one attached hydrogen (secondary N) is 1. The first-order valence-corrected chi connectivity index (χ1v) is 11.2. The zero-order chi connectivity index (χ0) is 24.0. The summed E-state index contributed by atoms with van der Waals surface area (Å²) in [6, 6.07) is 29.1. The molecule has 3 aromatic carbocycles. The minimum atomic E-state index is -0.764. The molecule has 172 valence electrons. The fourth-order valence-electron chi connectivity index (χ4n) is 3.69. The van der Waals surface area contributed by atoms with Gasteiger partial charge in [-0.05, 0) is 31.2 Å². The number of ether oxygens (including phenoxy) is 1. The quantitative estimate of drug-likeness (QED) is 0.273. The Labute approximate surface area is 202 Å². The summed E-state index contributed by atoms with van der Waals surface area (Å²) in [4.78, 5) is 17.0. The number of fused-ring (bicyclic) bond motifs is 1. The molecule has 0 bridgehead atoms. The van der Waals surface area contributed by atoms with Crippen LogP contribution >= 0.6 is 0 Å². The van der Waals surface area contributed by atoms with Crippen molar-refractivity contribution in [2.24, 2.45) is 5.10 Å².